The Morgan fingerprint density at radius 1 is 1.04 bits per heavy atom. The number of benzene rings is 1. The third-order valence-corrected chi connectivity index (χ3v) is 3.44. The van der Waals surface area contributed by atoms with Crippen molar-refractivity contribution in [2.24, 2.45) is 0 Å². The fourth-order valence-corrected chi connectivity index (χ4v) is 2.21. The highest BCUT2D eigenvalue weighted by molar-refractivity contribution is 5.72. The summed E-state index contributed by atoms with van der Waals surface area (Å²) < 4.78 is 13.0. The van der Waals surface area contributed by atoms with Crippen molar-refractivity contribution in [3.8, 4) is 11.4 Å². The Morgan fingerprint density at radius 2 is 1.85 bits per heavy atom. The summed E-state index contributed by atoms with van der Waals surface area (Å²) in [7, 11) is 0. The van der Waals surface area contributed by atoms with E-state index in [2.05, 4.69) is 25.6 Å². The number of aromatic nitrogens is 3. The molecule has 3 N–H and O–H groups in total. The van der Waals surface area contributed by atoms with Gasteiger partial charge in [0, 0.05) is 18.8 Å². The number of rotatable bonds is 7. The number of nitrogens with one attached hydrogen (secondary N) is 2. The van der Waals surface area contributed by atoms with Crippen LogP contribution in [0.3, 0.4) is 0 Å². The van der Waals surface area contributed by atoms with Gasteiger partial charge in [-0.25, -0.2) is 9.37 Å². The number of halogens is 1. The molecule has 3 aromatic rings. The van der Waals surface area contributed by atoms with Gasteiger partial charge in [-0.05, 0) is 29.8 Å². The molecule has 26 heavy (non-hydrogen) atoms. The standard InChI is InChI=1S/C18H16FN5O2/c19-13-6-4-12(5-7-13)10-21-16-9-15(14-3-1-2-8-20-14)23-18(24-16)22-11-17(25)26/h1-9H,10-11H2,(H,25,26)(H2,21,22,23,24). The quantitative estimate of drug-likeness (QED) is 0.600. The zero-order valence-corrected chi connectivity index (χ0v) is 13.7. The van der Waals surface area contributed by atoms with Crippen LogP contribution in [-0.4, -0.2) is 32.6 Å². The van der Waals surface area contributed by atoms with Gasteiger partial charge in [0.25, 0.3) is 0 Å². The second kappa shape index (κ2) is 8.02. The lowest BCUT2D eigenvalue weighted by Crippen LogP contribution is -2.15. The molecule has 132 valence electrons. The maximum atomic E-state index is 13.0. The molecule has 0 amide bonds. The van der Waals surface area contributed by atoms with Gasteiger partial charge >= 0.3 is 5.97 Å². The first-order valence-corrected chi connectivity index (χ1v) is 7.84. The van der Waals surface area contributed by atoms with E-state index in [1.807, 2.05) is 6.07 Å². The summed E-state index contributed by atoms with van der Waals surface area (Å²) in [6.07, 6.45) is 1.65. The number of anilines is 2. The lowest BCUT2D eigenvalue weighted by Gasteiger charge is -2.10. The summed E-state index contributed by atoms with van der Waals surface area (Å²) in [4.78, 5) is 23.6. The van der Waals surface area contributed by atoms with E-state index in [9.17, 15) is 9.18 Å². The molecule has 0 aliphatic rings. The molecule has 0 aliphatic carbocycles. The predicted molar refractivity (Wildman–Crippen MR) is 95.1 cm³/mol. The van der Waals surface area contributed by atoms with Crippen molar-refractivity contribution < 1.29 is 14.3 Å². The molecule has 7 nitrogen and oxygen atoms in total. The highest BCUT2D eigenvalue weighted by Gasteiger charge is 2.09. The Hall–Kier alpha value is -3.55. The van der Waals surface area contributed by atoms with Gasteiger partial charge in [-0.3, -0.25) is 9.78 Å². The lowest BCUT2D eigenvalue weighted by atomic mass is 10.2. The number of carboxylic acids is 1. The molecule has 8 heteroatoms. The molecule has 0 radical (unpaired) electrons. The Bertz CT molecular complexity index is 888. The number of carbonyl (C=O) groups is 1. The van der Waals surface area contributed by atoms with Gasteiger partial charge in [0.15, 0.2) is 0 Å². The monoisotopic (exact) mass is 353 g/mol. The van der Waals surface area contributed by atoms with Crippen LogP contribution in [-0.2, 0) is 11.3 Å². The van der Waals surface area contributed by atoms with E-state index in [0.29, 0.717) is 23.8 Å². The highest BCUT2D eigenvalue weighted by atomic mass is 19.1. The van der Waals surface area contributed by atoms with E-state index >= 15 is 0 Å². The zero-order chi connectivity index (χ0) is 18.4. The molecule has 0 aliphatic heterocycles. The third-order valence-electron chi connectivity index (χ3n) is 3.44. The zero-order valence-electron chi connectivity index (χ0n) is 13.7. The topological polar surface area (TPSA) is 100 Å². The normalized spacial score (nSPS) is 10.3. The Kier molecular flexibility index (Phi) is 5.33. The average molecular weight is 353 g/mol. The molecular weight excluding hydrogens is 337 g/mol. The molecular formula is C18H16FN5O2. The van der Waals surface area contributed by atoms with E-state index in [-0.39, 0.29) is 18.3 Å². The van der Waals surface area contributed by atoms with Crippen molar-refractivity contribution in [1.82, 2.24) is 15.0 Å². The van der Waals surface area contributed by atoms with E-state index in [1.54, 1.807) is 36.5 Å². The summed E-state index contributed by atoms with van der Waals surface area (Å²) in [6.45, 7) is 0.125. The molecule has 0 bridgehead atoms. The van der Waals surface area contributed by atoms with Crippen LogP contribution in [0.2, 0.25) is 0 Å². The highest BCUT2D eigenvalue weighted by Crippen LogP contribution is 2.20. The molecule has 2 heterocycles. The number of pyridine rings is 1. The smallest absolute Gasteiger partial charge is 0.322 e. The molecule has 0 fully saturated rings. The molecule has 3 rings (SSSR count). The van der Waals surface area contributed by atoms with Gasteiger partial charge in [0.2, 0.25) is 5.95 Å². The second-order valence-electron chi connectivity index (χ2n) is 5.40. The van der Waals surface area contributed by atoms with Crippen LogP contribution in [0.5, 0.6) is 0 Å². The molecule has 0 spiro atoms. The summed E-state index contributed by atoms with van der Waals surface area (Å²) >= 11 is 0. The number of nitrogens with zero attached hydrogens (tertiary/aromatic N) is 3. The van der Waals surface area contributed by atoms with Gasteiger partial charge in [-0.1, -0.05) is 18.2 Å². The SMILES string of the molecule is O=C(O)CNc1nc(NCc2ccc(F)cc2)cc(-c2ccccn2)n1. The summed E-state index contributed by atoms with van der Waals surface area (Å²) in [5.41, 5.74) is 2.07. The van der Waals surface area contributed by atoms with Gasteiger partial charge in [0.1, 0.15) is 18.2 Å². The second-order valence-corrected chi connectivity index (χ2v) is 5.40. The van der Waals surface area contributed by atoms with E-state index in [0.717, 1.165) is 5.56 Å². The van der Waals surface area contributed by atoms with Crippen LogP contribution in [0.1, 0.15) is 5.56 Å². The van der Waals surface area contributed by atoms with Crippen molar-refractivity contribution in [3.05, 3.63) is 66.1 Å². The Labute approximate surface area is 149 Å². The summed E-state index contributed by atoms with van der Waals surface area (Å²) in [6, 6.07) is 13.3. The van der Waals surface area contributed by atoms with Crippen LogP contribution in [0.25, 0.3) is 11.4 Å². The van der Waals surface area contributed by atoms with Crippen molar-refractivity contribution in [3.63, 3.8) is 0 Å². The largest absolute Gasteiger partial charge is 0.480 e. The van der Waals surface area contributed by atoms with Crippen LogP contribution in [0.4, 0.5) is 16.2 Å². The minimum absolute atomic E-state index is 0.178. The summed E-state index contributed by atoms with van der Waals surface area (Å²) in [5, 5.41) is 14.6. The number of hydrogen-bond donors (Lipinski definition) is 3. The Morgan fingerprint density at radius 3 is 2.54 bits per heavy atom. The minimum Gasteiger partial charge on any atom is -0.480 e. The average Bonchev–Trinajstić information content (AvgIpc) is 2.66. The van der Waals surface area contributed by atoms with E-state index in [1.165, 1.54) is 12.1 Å². The lowest BCUT2D eigenvalue weighted by molar-refractivity contribution is -0.134. The van der Waals surface area contributed by atoms with E-state index in [4.69, 9.17) is 5.11 Å². The van der Waals surface area contributed by atoms with Crippen LogP contribution < -0.4 is 10.6 Å². The first-order chi connectivity index (χ1) is 12.6. The van der Waals surface area contributed by atoms with Crippen molar-refractivity contribution >= 4 is 17.7 Å². The molecule has 0 atom stereocenters. The fraction of sp³-hybridized carbons (Fsp3) is 0.111. The summed E-state index contributed by atoms with van der Waals surface area (Å²) in [5.74, 6) is -0.638. The molecule has 0 saturated carbocycles. The van der Waals surface area contributed by atoms with Gasteiger partial charge in [0.05, 0.1) is 11.4 Å². The van der Waals surface area contributed by atoms with Crippen LogP contribution in [0.15, 0.2) is 54.7 Å². The number of hydrogen-bond acceptors (Lipinski definition) is 6. The molecule has 0 unspecified atom stereocenters. The number of aliphatic carboxylic acids is 1. The molecule has 2 aromatic heterocycles. The van der Waals surface area contributed by atoms with Crippen molar-refractivity contribution in [2.75, 3.05) is 17.2 Å². The predicted octanol–water partition coefficient (Wildman–Crippen LogP) is 2.79. The minimum atomic E-state index is -1.02. The first-order valence-electron chi connectivity index (χ1n) is 7.84. The van der Waals surface area contributed by atoms with Crippen molar-refractivity contribution in [1.29, 1.82) is 0 Å². The first kappa shape index (κ1) is 17.3. The van der Waals surface area contributed by atoms with Gasteiger partial charge < -0.3 is 15.7 Å². The van der Waals surface area contributed by atoms with Crippen LogP contribution >= 0.6 is 0 Å². The molecule has 0 saturated heterocycles. The van der Waals surface area contributed by atoms with Gasteiger partial charge in [-0.15, -0.1) is 0 Å². The van der Waals surface area contributed by atoms with Crippen LogP contribution in [0, 0.1) is 5.82 Å². The maximum absolute atomic E-state index is 13.0. The maximum Gasteiger partial charge on any atom is 0.322 e. The van der Waals surface area contributed by atoms with Crippen molar-refractivity contribution in [2.45, 2.75) is 6.54 Å². The van der Waals surface area contributed by atoms with Gasteiger partial charge in [-0.2, -0.15) is 4.98 Å². The Balaban J connectivity index is 1.83. The fourth-order valence-electron chi connectivity index (χ4n) is 2.21. The third kappa shape index (κ3) is 4.73. The molecule has 1 aromatic carbocycles. The van der Waals surface area contributed by atoms with E-state index < -0.39 is 5.97 Å². The number of carboxylic acid groups (broad SMARTS) is 1.